The van der Waals surface area contributed by atoms with Crippen LogP contribution in [0.4, 0.5) is 0 Å². The lowest BCUT2D eigenvalue weighted by atomic mass is 10.2. The highest BCUT2D eigenvalue weighted by molar-refractivity contribution is 5.27. The average Bonchev–Trinajstić information content (AvgIpc) is 2.44. The van der Waals surface area contributed by atoms with E-state index >= 15 is 0 Å². The maximum absolute atomic E-state index is 11.9. The van der Waals surface area contributed by atoms with E-state index in [0.717, 1.165) is 11.3 Å². The van der Waals surface area contributed by atoms with Gasteiger partial charge in [0.25, 0.3) is 5.56 Å². The number of ether oxygens (including phenoxy) is 1. The Bertz CT molecular complexity index is 654. The maximum Gasteiger partial charge on any atom is 0.270 e. The van der Waals surface area contributed by atoms with E-state index in [9.17, 15) is 4.79 Å². The van der Waals surface area contributed by atoms with E-state index in [1.807, 2.05) is 43.3 Å². The van der Waals surface area contributed by atoms with Gasteiger partial charge in [0.1, 0.15) is 18.4 Å². The summed E-state index contributed by atoms with van der Waals surface area (Å²) in [4.78, 5) is 11.9. The molecule has 2 aromatic rings. The first-order valence-corrected chi connectivity index (χ1v) is 5.94. The molecule has 1 aromatic carbocycles. The Labute approximate surface area is 111 Å². The van der Waals surface area contributed by atoms with E-state index in [1.54, 1.807) is 6.07 Å². The summed E-state index contributed by atoms with van der Waals surface area (Å²) in [7, 11) is 0. The van der Waals surface area contributed by atoms with Crippen LogP contribution in [0.1, 0.15) is 16.8 Å². The molecule has 0 spiro atoms. The standard InChI is InChI=1S/C15H14N2O2/c1-12-7-8-14(9-16)15(18)17(12)11-19-10-13-5-3-2-4-6-13/h2-8H,10-11H2,1H3. The predicted octanol–water partition coefficient (Wildman–Crippen LogP) is 2.20. The van der Waals surface area contributed by atoms with Crippen LogP contribution in [0.5, 0.6) is 0 Å². The molecule has 0 aliphatic rings. The second-order valence-corrected chi connectivity index (χ2v) is 4.20. The number of rotatable bonds is 4. The van der Waals surface area contributed by atoms with Gasteiger partial charge in [-0.05, 0) is 24.6 Å². The molecule has 0 aliphatic heterocycles. The van der Waals surface area contributed by atoms with Crippen molar-refractivity contribution in [1.82, 2.24) is 4.57 Å². The van der Waals surface area contributed by atoms with Crippen molar-refractivity contribution in [2.24, 2.45) is 0 Å². The third kappa shape index (κ3) is 3.09. The van der Waals surface area contributed by atoms with Crippen molar-refractivity contribution in [2.75, 3.05) is 0 Å². The van der Waals surface area contributed by atoms with Gasteiger partial charge in [-0.15, -0.1) is 0 Å². The summed E-state index contributed by atoms with van der Waals surface area (Å²) in [6, 6.07) is 14.9. The number of hydrogen-bond donors (Lipinski definition) is 0. The Hall–Kier alpha value is -2.38. The lowest BCUT2D eigenvalue weighted by Crippen LogP contribution is -2.25. The van der Waals surface area contributed by atoms with Crippen LogP contribution in [-0.2, 0) is 18.1 Å². The molecule has 0 unspecified atom stereocenters. The molecule has 0 atom stereocenters. The summed E-state index contributed by atoms with van der Waals surface area (Å²) in [5, 5.41) is 8.83. The molecule has 0 fully saturated rings. The molecule has 1 heterocycles. The molecule has 0 saturated heterocycles. The van der Waals surface area contributed by atoms with Crippen molar-refractivity contribution in [3.8, 4) is 6.07 Å². The Kier molecular flexibility index (Phi) is 4.11. The molecular formula is C15H14N2O2. The molecule has 4 heteroatoms. The number of nitriles is 1. The van der Waals surface area contributed by atoms with Crippen LogP contribution in [0.2, 0.25) is 0 Å². The van der Waals surface area contributed by atoms with Crippen LogP contribution >= 0.6 is 0 Å². The SMILES string of the molecule is Cc1ccc(C#N)c(=O)n1COCc1ccccc1. The minimum atomic E-state index is -0.310. The first-order valence-electron chi connectivity index (χ1n) is 5.94. The molecule has 0 N–H and O–H groups in total. The highest BCUT2D eigenvalue weighted by Gasteiger charge is 2.05. The zero-order valence-electron chi connectivity index (χ0n) is 10.7. The molecule has 2 rings (SSSR count). The zero-order valence-corrected chi connectivity index (χ0v) is 10.7. The Morgan fingerprint density at radius 3 is 2.63 bits per heavy atom. The van der Waals surface area contributed by atoms with E-state index in [0.29, 0.717) is 6.61 Å². The third-order valence-corrected chi connectivity index (χ3v) is 2.84. The number of nitrogens with zero attached hydrogens (tertiary/aromatic N) is 2. The topological polar surface area (TPSA) is 55.0 Å². The molecule has 0 aliphatic carbocycles. The highest BCUT2D eigenvalue weighted by Crippen LogP contribution is 2.03. The molecule has 0 bridgehead atoms. The van der Waals surface area contributed by atoms with Crippen molar-refractivity contribution in [3.63, 3.8) is 0 Å². The lowest BCUT2D eigenvalue weighted by Gasteiger charge is -2.10. The van der Waals surface area contributed by atoms with Crippen LogP contribution in [0.15, 0.2) is 47.3 Å². The molecule has 0 saturated carbocycles. The van der Waals surface area contributed by atoms with E-state index in [4.69, 9.17) is 10.00 Å². The summed E-state index contributed by atoms with van der Waals surface area (Å²) in [6.45, 7) is 2.40. The minimum Gasteiger partial charge on any atom is -0.356 e. The van der Waals surface area contributed by atoms with Gasteiger partial charge in [0.05, 0.1) is 6.61 Å². The fourth-order valence-corrected chi connectivity index (χ4v) is 1.75. The first-order chi connectivity index (χ1) is 9.22. The normalized spacial score (nSPS) is 10.1. The molecule has 4 nitrogen and oxygen atoms in total. The smallest absolute Gasteiger partial charge is 0.270 e. The number of benzene rings is 1. The second-order valence-electron chi connectivity index (χ2n) is 4.20. The van der Waals surface area contributed by atoms with E-state index < -0.39 is 0 Å². The molecule has 0 radical (unpaired) electrons. The Morgan fingerprint density at radius 1 is 1.21 bits per heavy atom. The van der Waals surface area contributed by atoms with Crippen LogP contribution in [0, 0.1) is 18.3 Å². The van der Waals surface area contributed by atoms with Gasteiger partial charge < -0.3 is 4.74 Å². The first kappa shape index (κ1) is 13.1. The van der Waals surface area contributed by atoms with Gasteiger partial charge >= 0.3 is 0 Å². The molecular weight excluding hydrogens is 240 g/mol. The van der Waals surface area contributed by atoms with E-state index in [2.05, 4.69) is 0 Å². The maximum atomic E-state index is 11.9. The van der Waals surface area contributed by atoms with Crippen molar-refractivity contribution in [1.29, 1.82) is 5.26 Å². The average molecular weight is 254 g/mol. The monoisotopic (exact) mass is 254 g/mol. The number of aryl methyl sites for hydroxylation is 1. The summed E-state index contributed by atoms with van der Waals surface area (Å²) in [6.07, 6.45) is 0. The molecule has 96 valence electrons. The quantitative estimate of drug-likeness (QED) is 0.840. The van der Waals surface area contributed by atoms with Crippen LogP contribution in [-0.4, -0.2) is 4.57 Å². The summed E-state index contributed by atoms with van der Waals surface area (Å²) in [5.74, 6) is 0. The fourth-order valence-electron chi connectivity index (χ4n) is 1.75. The van der Waals surface area contributed by atoms with Crippen LogP contribution in [0.25, 0.3) is 0 Å². The van der Waals surface area contributed by atoms with Crippen molar-refractivity contribution in [3.05, 3.63) is 69.6 Å². The van der Waals surface area contributed by atoms with Gasteiger partial charge in [0, 0.05) is 5.69 Å². The Morgan fingerprint density at radius 2 is 1.95 bits per heavy atom. The largest absolute Gasteiger partial charge is 0.356 e. The van der Waals surface area contributed by atoms with Crippen molar-refractivity contribution in [2.45, 2.75) is 20.3 Å². The predicted molar refractivity (Wildman–Crippen MR) is 71.4 cm³/mol. The molecule has 0 amide bonds. The second kappa shape index (κ2) is 5.98. The van der Waals surface area contributed by atoms with Crippen molar-refractivity contribution < 1.29 is 4.74 Å². The number of aromatic nitrogens is 1. The van der Waals surface area contributed by atoms with E-state index in [-0.39, 0.29) is 17.9 Å². The van der Waals surface area contributed by atoms with Gasteiger partial charge in [-0.1, -0.05) is 30.3 Å². The number of hydrogen-bond acceptors (Lipinski definition) is 3. The van der Waals surface area contributed by atoms with Crippen LogP contribution in [0.3, 0.4) is 0 Å². The highest BCUT2D eigenvalue weighted by atomic mass is 16.5. The minimum absolute atomic E-state index is 0.133. The van der Waals surface area contributed by atoms with Gasteiger partial charge in [0.2, 0.25) is 0 Å². The van der Waals surface area contributed by atoms with Crippen LogP contribution < -0.4 is 5.56 Å². The molecule has 19 heavy (non-hydrogen) atoms. The lowest BCUT2D eigenvalue weighted by molar-refractivity contribution is 0.0604. The Balaban J connectivity index is 2.08. The summed E-state index contributed by atoms with van der Waals surface area (Å²) >= 11 is 0. The number of pyridine rings is 1. The van der Waals surface area contributed by atoms with Gasteiger partial charge in [-0.2, -0.15) is 5.26 Å². The zero-order chi connectivity index (χ0) is 13.7. The fraction of sp³-hybridized carbons (Fsp3) is 0.200. The van der Waals surface area contributed by atoms with E-state index in [1.165, 1.54) is 10.6 Å². The third-order valence-electron chi connectivity index (χ3n) is 2.84. The van der Waals surface area contributed by atoms with Gasteiger partial charge in [-0.3, -0.25) is 9.36 Å². The summed E-state index contributed by atoms with van der Waals surface area (Å²) in [5.41, 5.74) is 1.64. The summed E-state index contributed by atoms with van der Waals surface area (Å²) < 4.78 is 6.98. The van der Waals surface area contributed by atoms with Crippen molar-refractivity contribution >= 4 is 0 Å². The van der Waals surface area contributed by atoms with Gasteiger partial charge in [0.15, 0.2) is 0 Å². The van der Waals surface area contributed by atoms with Gasteiger partial charge in [-0.25, -0.2) is 0 Å². The molecule has 1 aromatic heterocycles.